The van der Waals surface area contributed by atoms with Gasteiger partial charge in [-0.15, -0.1) is 11.3 Å². The Hall–Kier alpha value is -3.97. The molecule has 1 atom stereocenters. The van der Waals surface area contributed by atoms with Crippen molar-refractivity contribution < 1.29 is 37.0 Å². The Labute approximate surface area is 275 Å². The second-order valence-corrected chi connectivity index (χ2v) is 14.0. The van der Waals surface area contributed by atoms with Crippen LogP contribution in [-0.2, 0) is 27.0 Å². The molecule has 0 saturated carbocycles. The van der Waals surface area contributed by atoms with E-state index in [1.54, 1.807) is 51.2 Å². The van der Waals surface area contributed by atoms with Crippen molar-refractivity contribution in [1.82, 2.24) is 20.5 Å². The zero-order valence-electron chi connectivity index (χ0n) is 26.8. The Morgan fingerprint density at radius 3 is 2.34 bits per heavy atom. The molecular weight excluding hydrogens is 633 g/mol. The summed E-state index contributed by atoms with van der Waals surface area (Å²) >= 11 is 1.35. The Morgan fingerprint density at radius 1 is 1.06 bits per heavy atom. The molecule has 0 radical (unpaired) electrons. The van der Waals surface area contributed by atoms with Gasteiger partial charge in [0.15, 0.2) is 0 Å². The number of alkyl halides is 3. The molecule has 2 aromatic carbocycles. The van der Waals surface area contributed by atoms with Gasteiger partial charge in [-0.1, -0.05) is 30.3 Å². The highest BCUT2D eigenvalue weighted by Crippen LogP contribution is 2.35. The number of halogens is 3. The van der Waals surface area contributed by atoms with Gasteiger partial charge in [-0.25, -0.2) is 9.78 Å². The average molecular weight is 673 g/mol. The molecule has 3 amide bonds. The van der Waals surface area contributed by atoms with Crippen molar-refractivity contribution in [2.24, 2.45) is 5.92 Å². The van der Waals surface area contributed by atoms with E-state index in [0.717, 1.165) is 35.5 Å². The lowest BCUT2D eigenvalue weighted by molar-refractivity contribution is -0.151. The maximum atomic E-state index is 13.6. The smallest absolute Gasteiger partial charge is 0.416 e. The van der Waals surface area contributed by atoms with Gasteiger partial charge in [-0.05, 0) is 74.9 Å². The molecule has 0 spiro atoms. The molecule has 1 aromatic heterocycles. The van der Waals surface area contributed by atoms with Gasteiger partial charge < -0.3 is 25.0 Å². The molecule has 2 N–H and O–H groups in total. The monoisotopic (exact) mass is 672 g/mol. The predicted molar refractivity (Wildman–Crippen MR) is 171 cm³/mol. The van der Waals surface area contributed by atoms with Crippen molar-refractivity contribution in [2.45, 2.75) is 70.8 Å². The second kappa shape index (κ2) is 14.0. The van der Waals surface area contributed by atoms with Gasteiger partial charge in [0.1, 0.15) is 10.5 Å². The molecule has 2 aliphatic rings. The number of carbonyl (C=O) groups is 3. The molecular formula is C34H39F3N4O5S. The van der Waals surface area contributed by atoms with Gasteiger partial charge >= 0.3 is 12.3 Å². The maximum Gasteiger partial charge on any atom is 0.416 e. The summed E-state index contributed by atoms with van der Waals surface area (Å²) in [6.45, 7) is 9.29. The first-order valence-electron chi connectivity index (χ1n) is 15.6. The second-order valence-electron chi connectivity index (χ2n) is 12.9. The van der Waals surface area contributed by atoms with E-state index >= 15 is 0 Å². The normalized spacial score (nSPS) is 16.7. The lowest BCUT2D eigenvalue weighted by Gasteiger charge is -2.36. The van der Waals surface area contributed by atoms with Crippen molar-refractivity contribution in [3.63, 3.8) is 0 Å². The van der Waals surface area contributed by atoms with Crippen LogP contribution in [0.15, 0.2) is 48.7 Å². The van der Waals surface area contributed by atoms with E-state index in [0.29, 0.717) is 47.9 Å². The number of aromatic nitrogens is 1. The fourth-order valence-electron chi connectivity index (χ4n) is 5.52. The van der Waals surface area contributed by atoms with Gasteiger partial charge in [0, 0.05) is 25.6 Å². The molecule has 252 valence electrons. The summed E-state index contributed by atoms with van der Waals surface area (Å²) in [4.78, 5) is 44.7. The zero-order valence-corrected chi connectivity index (χ0v) is 27.6. The van der Waals surface area contributed by atoms with Crippen LogP contribution >= 0.6 is 11.3 Å². The minimum Gasteiger partial charge on any atom is -0.444 e. The predicted octanol–water partition coefficient (Wildman–Crippen LogP) is 6.70. The topological polar surface area (TPSA) is 110 Å². The van der Waals surface area contributed by atoms with E-state index in [4.69, 9.17) is 9.47 Å². The van der Waals surface area contributed by atoms with E-state index in [2.05, 4.69) is 15.6 Å². The summed E-state index contributed by atoms with van der Waals surface area (Å²) in [5, 5.41) is 6.48. The van der Waals surface area contributed by atoms with Crippen molar-refractivity contribution in [3.05, 3.63) is 75.2 Å². The van der Waals surface area contributed by atoms with E-state index in [9.17, 15) is 27.6 Å². The van der Waals surface area contributed by atoms with Crippen LogP contribution in [0.3, 0.4) is 0 Å². The fraction of sp³-hybridized carbons (Fsp3) is 0.471. The fourth-order valence-corrected chi connectivity index (χ4v) is 6.51. The highest BCUT2D eigenvalue weighted by molar-refractivity contribution is 7.13. The Balaban J connectivity index is 1.21. The van der Waals surface area contributed by atoms with Gasteiger partial charge in [0.25, 0.3) is 5.91 Å². The number of nitrogens with zero attached hydrogens (tertiary/aromatic N) is 2. The Morgan fingerprint density at radius 2 is 1.74 bits per heavy atom. The summed E-state index contributed by atoms with van der Waals surface area (Å²) < 4.78 is 51.2. The van der Waals surface area contributed by atoms with Gasteiger partial charge in [-0.2, -0.15) is 13.2 Å². The zero-order chi connectivity index (χ0) is 33.9. The third kappa shape index (κ3) is 8.69. The molecule has 0 aliphatic carbocycles. The molecule has 3 aromatic rings. The number of alkyl carbamates (subject to hydrolysis) is 1. The summed E-state index contributed by atoms with van der Waals surface area (Å²) in [6.07, 6.45) is -2.05. The van der Waals surface area contributed by atoms with Crippen molar-refractivity contribution in [1.29, 1.82) is 0 Å². The highest BCUT2D eigenvalue weighted by atomic mass is 32.1. The van der Waals surface area contributed by atoms with E-state index < -0.39 is 23.4 Å². The summed E-state index contributed by atoms with van der Waals surface area (Å²) in [5.41, 5.74) is 0.586. The maximum absolute atomic E-state index is 13.6. The number of benzene rings is 2. The van der Waals surface area contributed by atoms with E-state index in [1.807, 2.05) is 11.8 Å². The standard InChI is InChI=1S/C34H39F3N4O5S/c1-20(40-29(42)28-17-38-30(47-28)23-11-13-41(14-12-23)31(43)25-18-45-19-25)21-5-7-22(8-6-21)27-15-26(34(35,36)37)10-9-24(27)16-39-32(44)46-33(2,3)4/h5-10,15,17,20,23,25H,11-14,16,18-19H2,1-4H3,(H,39,44)(H,40,42)/t20-/m1/s1. The van der Waals surface area contributed by atoms with Crippen LogP contribution in [0.4, 0.5) is 18.0 Å². The molecule has 0 unspecified atom stereocenters. The van der Waals surface area contributed by atoms with Gasteiger partial charge in [0.05, 0.1) is 41.9 Å². The first kappa shape index (κ1) is 34.4. The van der Waals surface area contributed by atoms with Crippen LogP contribution in [0.1, 0.15) is 83.9 Å². The molecule has 0 bridgehead atoms. The Kier molecular flexibility index (Phi) is 10.3. The number of hydrogen-bond donors (Lipinski definition) is 2. The lowest BCUT2D eigenvalue weighted by atomic mass is 9.95. The van der Waals surface area contributed by atoms with Crippen molar-refractivity contribution in [3.8, 4) is 11.1 Å². The van der Waals surface area contributed by atoms with Crippen LogP contribution in [0.5, 0.6) is 0 Å². The molecule has 2 saturated heterocycles. The number of amides is 3. The SMILES string of the molecule is C[C@@H](NC(=O)c1cnc(C2CCN(C(=O)C3COC3)CC2)s1)c1ccc(-c2cc(C(F)(F)F)ccc2CNC(=O)OC(C)(C)C)cc1. The number of piperidine rings is 1. The molecule has 3 heterocycles. The molecule has 9 nitrogen and oxygen atoms in total. The number of hydrogen-bond acceptors (Lipinski definition) is 7. The lowest BCUT2D eigenvalue weighted by Crippen LogP contribution is -2.47. The molecule has 47 heavy (non-hydrogen) atoms. The summed E-state index contributed by atoms with van der Waals surface area (Å²) in [7, 11) is 0. The highest BCUT2D eigenvalue weighted by Gasteiger charge is 2.34. The largest absolute Gasteiger partial charge is 0.444 e. The molecule has 13 heteroatoms. The third-order valence-electron chi connectivity index (χ3n) is 8.22. The van der Waals surface area contributed by atoms with Gasteiger partial charge in [-0.3, -0.25) is 9.59 Å². The minimum atomic E-state index is -4.54. The first-order valence-corrected chi connectivity index (χ1v) is 16.4. The van der Waals surface area contributed by atoms with Crippen LogP contribution in [-0.4, -0.2) is 59.7 Å². The molecule has 2 fully saturated rings. The summed E-state index contributed by atoms with van der Waals surface area (Å²) in [6, 6.07) is 9.93. The molecule has 5 rings (SSSR count). The van der Waals surface area contributed by atoms with Crippen LogP contribution in [0, 0.1) is 5.92 Å². The third-order valence-corrected chi connectivity index (χ3v) is 9.38. The van der Waals surface area contributed by atoms with Crippen LogP contribution in [0.25, 0.3) is 11.1 Å². The number of thiazole rings is 1. The van der Waals surface area contributed by atoms with Gasteiger partial charge in [0.2, 0.25) is 5.91 Å². The van der Waals surface area contributed by atoms with E-state index in [-0.39, 0.29) is 36.2 Å². The van der Waals surface area contributed by atoms with E-state index in [1.165, 1.54) is 17.4 Å². The number of nitrogens with one attached hydrogen (secondary N) is 2. The quantitative estimate of drug-likeness (QED) is 0.276. The Bertz CT molecular complexity index is 1590. The number of carbonyl (C=O) groups excluding carboxylic acids is 3. The van der Waals surface area contributed by atoms with Crippen molar-refractivity contribution >= 4 is 29.2 Å². The summed E-state index contributed by atoms with van der Waals surface area (Å²) in [5.74, 6) is 0.0528. The minimum absolute atomic E-state index is 0.0222. The van der Waals surface area contributed by atoms with Crippen LogP contribution in [0.2, 0.25) is 0 Å². The van der Waals surface area contributed by atoms with Crippen molar-refractivity contribution in [2.75, 3.05) is 26.3 Å². The average Bonchev–Trinajstić information content (AvgIpc) is 3.49. The molecule has 2 aliphatic heterocycles. The number of ether oxygens (including phenoxy) is 2. The number of rotatable bonds is 8. The van der Waals surface area contributed by atoms with Crippen LogP contribution < -0.4 is 10.6 Å². The first-order chi connectivity index (χ1) is 22.2. The number of likely N-dealkylation sites (tertiary alicyclic amines) is 1.